The van der Waals surface area contributed by atoms with E-state index in [0.29, 0.717) is 0 Å². The van der Waals surface area contributed by atoms with E-state index >= 15 is 0 Å². The molecule has 1 fully saturated rings. The van der Waals surface area contributed by atoms with Crippen LogP contribution in [0.3, 0.4) is 0 Å². The predicted molar refractivity (Wildman–Crippen MR) is 41.0 cm³/mol. The van der Waals surface area contributed by atoms with Gasteiger partial charge in [-0.25, -0.2) is 0 Å². The Bertz CT molecular complexity index is 183. The highest BCUT2D eigenvalue weighted by molar-refractivity contribution is 5.88. The molecule has 1 aliphatic rings. The van der Waals surface area contributed by atoms with Crippen LogP contribution in [-0.4, -0.2) is 17.7 Å². The summed E-state index contributed by atoms with van der Waals surface area (Å²) in [4.78, 5) is 15.3. The Kier molecular flexibility index (Phi) is 2.46. The van der Waals surface area contributed by atoms with E-state index in [2.05, 4.69) is 5.16 Å². The highest BCUT2D eigenvalue weighted by Crippen LogP contribution is 2.14. The molecular weight excluding hydrogens is 144 g/mol. The second kappa shape index (κ2) is 3.37. The molecule has 1 aliphatic carbocycles. The van der Waals surface area contributed by atoms with Crippen molar-refractivity contribution >= 4 is 11.6 Å². The molecule has 4 nitrogen and oxygen atoms in total. The fraction of sp³-hybridized carbons (Fsp3) is 0.714. The van der Waals surface area contributed by atoms with Crippen molar-refractivity contribution in [3.63, 3.8) is 0 Å². The minimum atomic E-state index is -0.608. The molecule has 62 valence electrons. The number of carbonyl (C=O) groups is 1. The lowest BCUT2D eigenvalue weighted by Crippen LogP contribution is -2.27. The highest BCUT2D eigenvalue weighted by atomic mass is 16.6. The molecule has 0 saturated heterocycles. The Labute approximate surface area is 65.4 Å². The number of nitrogens with two attached hydrogens (primary N) is 1. The summed E-state index contributed by atoms with van der Waals surface area (Å²) in [7, 11) is 0. The number of carbonyl (C=O) groups excluding carboxylic acids is 1. The lowest BCUT2D eigenvalue weighted by atomic mass is 9.98. The van der Waals surface area contributed by atoms with E-state index < -0.39 is 12.0 Å². The van der Waals surface area contributed by atoms with Gasteiger partial charge in [-0.2, -0.15) is 0 Å². The third-order valence-corrected chi connectivity index (χ3v) is 1.67. The number of nitrogens with zero attached hydrogens (tertiary/aromatic N) is 1. The molecule has 0 aromatic heterocycles. The molecule has 0 radical (unpaired) electrons. The van der Waals surface area contributed by atoms with Crippen molar-refractivity contribution in [2.45, 2.75) is 32.3 Å². The lowest BCUT2D eigenvalue weighted by Gasteiger charge is -2.14. The van der Waals surface area contributed by atoms with Crippen LogP contribution in [0.5, 0.6) is 0 Å². The third-order valence-electron chi connectivity index (χ3n) is 1.67. The van der Waals surface area contributed by atoms with E-state index in [1.54, 1.807) is 6.92 Å². The summed E-state index contributed by atoms with van der Waals surface area (Å²) < 4.78 is 0. The van der Waals surface area contributed by atoms with Crippen LogP contribution in [0.15, 0.2) is 5.16 Å². The summed E-state index contributed by atoms with van der Waals surface area (Å²) in [6.45, 7) is 1.59. The zero-order valence-electron chi connectivity index (χ0n) is 6.54. The van der Waals surface area contributed by atoms with Crippen LogP contribution in [0, 0.1) is 0 Å². The first kappa shape index (κ1) is 8.04. The number of rotatable bonds is 3. The maximum atomic E-state index is 10.4. The minimum Gasteiger partial charge on any atom is -0.383 e. The van der Waals surface area contributed by atoms with E-state index in [0.717, 1.165) is 18.6 Å². The smallest absolute Gasteiger partial charge is 0.261 e. The van der Waals surface area contributed by atoms with Crippen LogP contribution < -0.4 is 5.73 Å². The first-order valence-corrected chi connectivity index (χ1v) is 3.71. The van der Waals surface area contributed by atoms with Crippen LogP contribution in [0.4, 0.5) is 0 Å². The first-order chi connectivity index (χ1) is 5.20. The standard InChI is InChI=1S/C7H12N2O2/c1-5(7(8)10)11-9-6-3-2-4-6/h5H,2-4H2,1H3,(H2,8,10). The van der Waals surface area contributed by atoms with Crippen molar-refractivity contribution in [3.05, 3.63) is 0 Å². The van der Waals surface area contributed by atoms with Crippen molar-refractivity contribution in [1.82, 2.24) is 0 Å². The lowest BCUT2D eigenvalue weighted by molar-refractivity contribution is -0.128. The Hall–Kier alpha value is -1.06. The molecule has 1 atom stereocenters. The molecule has 1 rings (SSSR count). The maximum absolute atomic E-state index is 10.4. The molecule has 11 heavy (non-hydrogen) atoms. The Morgan fingerprint density at radius 1 is 1.73 bits per heavy atom. The van der Waals surface area contributed by atoms with Crippen molar-refractivity contribution in [2.75, 3.05) is 0 Å². The van der Waals surface area contributed by atoms with E-state index in [1.165, 1.54) is 6.42 Å². The topological polar surface area (TPSA) is 64.7 Å². The highest BCUT2D eigenvalue weighted by Gasteiger charge is 2.13. The second-order valence-corrected chi connectivity index (χ2v) is 2.66. The van der Waals surface area contributed by atoms with Gasteiger partial charge in [0, 0.05) is 0 Å². The molecule has 0 heterocycles. The van der Waals surface area contributed by atoms with Crippen LogP contribution in [0.2, 0.25) is 0 Å². The number of oxime groups is 1. The zero-order chi connectivity index (χ0) is 8.27. The Balaban J connectivity index is 2.25. The molecule has 1 unspecified atom stereocenters. The fourth-order valence-corrected chi connectivity index (χ4v) is 0.632. The fourth-order valence-electron chi connectivity index (χ4n) is 0.632. The quantitative estimate of drug-likeness (QED) is 0.602. The normalized spacial score (nSPS) is 18.5. The van der Waals surface area contributed by atoms with Crippen LogP contribution in [-0.2, 0) is 9.63 Å². The van der Waals surface area contributed by atoms with Crippen LogP contribution >= 0.6 is 0 Å². The molecule has 0 aromatic rings. The summed E-state index contributed by atoms with van der Waals surface area (Å²) in [5, 5.41) is 3.77. The maximum Gasteiger partial charge on any atom is 0.261 e. The molecule has 0 aliphatic heterocycles. The predicted octanol–water partition coefficient (Wildman–Crippen LogP) is 0.417. The Morgan fingerprint density at radius 3 is 2.73 bits per heavy atom. The molecule has 0 spiro atoms. The van der Waals surface area contributed by atoms with Gasteiger partial charge in [0.1, 0.15) is 0 Å². The molecule has 4 heteroatoms. The third kappa shape index (κ3) is 2.22. The van der Waals surface area contributed by atoms with Gasteiger partial charge in [0.2, 0.25) is 6.10 Å². The van der Waals surface area contributed by atoms with Gasteiger partial charge in [-0.1, -0.05) is 5.16 Å². The number of hydrogen-bond donors (Lipinski definition) is 1. The molecular formula is C7H12N2O2. The monoisotopic (exact) mass is 156 g/mol. The van der Waals surface area contributed by atoms with Crippen molar-refractivity contribution < 1.29 is 9.63 Å². The summed E-state index contributed by atoms with van der Waals surface area (Å²) in [5.74, 6) is -0.478. The minimum absolute atomic E-state index is 0.478. The van der Waals surface area contributed by atoms with Gasteiger partial charge >= 0.3 is 0 Å². The summed E-state index contributed by atoms with van der Waals surface area (Å²) in [5.41, 5.74) is 5.97. The van der Waals surface area contributed by atoms with Gasteiger partial charge < -0.3 is 10.6 Å². The Morgan fingerprint density at radius 2 is 2.36 bits per heavy atom. The molecule has 0 bridgehead atoms. The van der Waals surface area contributed by atoms with Crippen LogP contribution in [0.25, 0.3) is 0 Å². The molecule has 1 amide bonds. The van der Waals surface area contributed by atoms with Gasteiger partial charge in [0.05, 0.1) is 5.71 Å². The molecule has 1 saturated carbocycles. The van der Waals surface area contributed by atoms with E-state index in [4.69, 9.17) is 10.6 Å². The zero-order valence-corrected chi connectivity index (χ0v) is 6.54. The van der Waals surface area contributed by atoms with Gasteiger partial charge in [0.25, 0.3) is 5.91 Å². The van der Waals surface area contributed by atoms with Crippen molar-refractivity contribution in [2.24, 2.45) is 10.9 Å². The van der Waals surface area contributed by atoms with E-state index in [9.17, 15) is 4.79 Å². The average Bonchev–Trinajstić information content (AvgIpc) is 1.83. The average molecular weight is 156 g/mol. The number of hydrogen-bond acceptors (Lipinski definition) is 3. The van der Waals surface area contributed by atoms with Crippen molar-refractivity contribution in [3.8, 4) is 0 Å². The number of amides is 1. The summed E-state index contributed by atoms with van der Waals surface area (Å²) in [6.07, 6.45) is 2.55. The van der Waals surface area contributed by atoms with Gasteiger partial charge in [-0.05, 0) is 26.2 Å². The summed E-state index contributed by atoms with van der Waals surface area (Å²) in [6, 6.07) is 0. The largest absolute Gasteiger partial charge is 0.383 e. The van der Waals surface area contributed by atoms with E-state index in [-0.39, 0.29) is 0 Å². The summed E-state index contributed by atoms with van der Waals surface area (Å²) >= 11 is 0. The molecule has 2 N–H and O–H groups in total. The van der Waals surface area contributed by atoms with Crippen LogP contribution in [0.1, 0.15) is 26.2 Å². The van der Waals surface area contributed by atoms with Gasteiger partial charge in [-0.3, -0.25) is 4.79 Å². The first-order valence-electron chi connectivity index (χ1n) is 3.71. The molecule has 0 aromatic carbocycles. The SMILES string of the molecule is CC(ON=C1CCC1)C(N)=O. The van der Waals surface area contributed by atoms with Gasteiger partial charge in [-0.15, -0.1) is 0 Å². The van der Waals surface area contributed by atoms with Crippen molar-refractivity contribution in [1.29, 1.82) is 0 Å². The second-order valence-electron chi connectivity index (χ2n) is 2.66. The van der Waals surface area contributed by atoms with Gasteiger partial charge in [0.15, 0.2) is 0 Å². The van der Waals surface area contributed by atoms with E-state index in [1.807, 2.05) is 0 Å². The number of primary amides is 1.